The van der Waals surface area contributed by atoms with Gasteiger partial charge in [-0.05, 0) is 60.6 Å². The molecule has 192 valence electrons. The number of allylic oxidation sites excluding steroid dienone is 3. The summed E-state index contributed by atoms with van der Waals surface area (Å²) >= 11 is 0. The summed E-state index contributed by atoms with van der Waals surface area (Å²) in [5.74, 6) is 0.520. The average Bonchev–Trinajstić information content (AvgIpc) is 3.24. The van der Waals surface area contributed by atoms with Crippen molar-refractivity contribution in [3.8, 4) is 5.75 Å². The molecule has 2 saturated carbocycles. The lowest BCUT2D eigenvalue weighted by Crippen LogP contribution is -2.46. The first-order valence-corrected chi connectivity index (χ1v) is 13.7. The maximum absolute atomic E-state index is 14.4. The summed E-state index contributed by atoms with van der Waals surface area (Å²) in [7, 11) is 0. The van der Waals surface area contributed by atoms with Gasteiger partial charge in [0.25, 0.3) is 0 Å². The van der Waals surface area contributed by atoms with Gasteiger partial charge in [-0.25, -0.2) is 0 Å². The maximum atomic E-state index is 14.4. The molecule has 2 N–H and O–H groups in total. The minimum absolute atomic E-state index is 0.00729. The summed E-state index contributed by atoms with van der Waals surface area (Å²) in [5, 5.41) is 14.1. The van der Waals surface area contributed by atoms with Gasteiger partial charge in [0.2, 0.25) is 5.91 Å². The number of hydrogen-bond acceptors (Lipinski definition) is 4. The third kappa shape index (κ3) is 3.38. The third-order valence-electron chi connectivity index (χ3n) is 10.4. The van der Waals surface area contributed by atoms with Crippen molar-refractivity contribution in [1.82, 2.24) is 5.32 Å². The Hall–Kier alpha value is -2.40. The molecule has 0 aromatic heterocycles. The van der Waals surface area contributed by atoms with Gasteiger partial charge < -0.3 is 15.2 Å². The first kappa shape index (κ1) is 24.0. The van der Waals surface area contributed by atoms with Crippen molar-refractivity contribution in [3.63, 3.8) is 0 Å². The van der Waals surface area contributed by atoms with Gasteiger partial charge in [0, 0.05) is 36.5 Å². The molecule has 3 fully saturated rings. The topological polar surface area (TPSA) is 75.6 Å². The maximum Gasteiger partial charge on any atom is 0.232 e. The minimum Gasteiger partial charge on any atom is -0.490 e. The van der Waals surface area contributed by atoms with Crippen LogP contribution < -0.4 is 10.1 Å². The first-order chi connectivity index (χ1) is 17.0. The third-order valence-corrected chi connectivity index (χ3v) is 10.4. The standard InChI is InChI=1S/C31H39NO4/c1-6-20-12-18(4)25-24-23(20)27(33)22-15-31(35,32-29(22)34)14-19-7-9-21(10-8-19)36-28(24)26-17(3)11-16(2)13-30(25,26)5/h6-10,12,16-17,20,22-26,28,35H,1,11,13-15H2,2-5H3,(H,32,34)/t16-,17-,20-,22-,23-,24-,25-,26+,28+,30-,31-/m1/s1. The lowest BCUT2D eigenvalue weighted by molar-refractivity contribution is -0.137. The Kier molecular flexibility index (Phi) is 5.36. The molecule has 1 aromatic rings. The monoisotopic (exact) mass is 489 g/mol. The molecule has 36 heavy (non-hydrogen) atoms. The average molecular weight is 490 g/mol. The van der Waals surface area contributed by atoms with Crippen LogP contribution in [0, 0.1) is 52.8 Å². The minimum atomic E-state index is -1.42. The van der Waals surface area contributed by atoms with E-state index in [1.807, 2.05) is 30.3 Å². The van der Waals surface area contributed by atoms with Crippen molar-refractivity contribution in [1.29, 1.82) is 0 Å². The number of aliphatic hydroxyl groups is 1. The Morgan fingerprint density at radius 1 is 1.17 bits per heavy atom. The van der Waals surface area contributed by atoms with E-state index in [0.29, 0.717) is 17.8 Å². The number of ether oxygens (including phenoxy) is 1. The molecule has 3 heterocycles. The predicted octanol–water partition coefficient (Wildman–Crippen LogP) is 4.70. The Bertz CT molecular complexity index is 1140. The van der Waals surface area contributed by atoms with Gasteiger partial charge in [0.05, 0.1) is 0 Å². The second-order valence-corrected chi connectivity index (χ2v) is 12.9. The number of ketones is 1. The highest BCUT2D eigenvalue weighted by Crippen LogP contribution is 2.67. The zero-order valence-electron chi connectivity index (χ0n) is 21.9. The summed E-state index contributed by atoms with van der Waals surface area (Å²) in [5.41, 5.74) is 0.815. The number of nitrogens with one attached hydrogen (secondary N) is 1. The molecule has 3 aliphatic heterocycles. The molecule has 0 unspecified atom stereocenters. The zero-order valence-corrected chi connectivity index (χ0v) is 21.9. The molecule has 1 amide bonds. The molecular formula is C31H39NO4. The van der Waals surface area contributed by atoms with E-state index in [1.54, 1.807) is 0 Å². The molecule has 0 spiro atoms. The zero-order chi connectivity index (χ0) is 25.6. The summed E-state index contributed by atoms with van der Waals surface area (Å²) in [4.78, 5) is 27.5. The fourth-order valence-corrected chi connectivity index (χ4v) is 9.61. The molecule has 1 saturated heterocycles. The van der Waals surface area contributed by atoms with Crippen LogP contribution in [0.4, 0.5) is 0 Å². The molecule has 0 radical (unpaired) electrons. The highest BCUT2D eigenvalue weighted by atomic mass is 16.5. The fraction of sp³-hybridized carbons (Fsp3) is 0.613. The van der Waals surface area contributed by atoms with E-state index in [9.17, 15) is 14.7 Å². The van der Waals surface area contributed by atoms with Gasteiger partial charge in [-0.15, -0.1) is 6.58 Å². The van der Waals surface area contributed by atoms with Crippen molar-refractivity contribution < 1.29 is 19.4 Å². The highest BCUT2D eigenvalue weighted by Gasteiger charge is 2.67. The quantitative estimate of drug-likeness (QED) is 0.443. The van der Waals surface area contributed by atoms with E-state index in [4.69, 9.17) is 4.74 Å². The van der Waals surface area contributed by atoms with Crippen LogP contribution in [0.5, 0.6) is 5.75 Å². The van der Waals surface area contributed by atoms with Crippen LogP contribution in [0.15, 0.2) is 48.6 Å². The van der Waals surface area contributed by atoms with E-state index < -0.39 is 17.6 Å². The number of fused-ring (bicyclic) bond motifs is 4. The normalized spacial score (nSPS) is 47.4. The van der Waals surface area contributed by atoms with Gasteiger partial charge in [-0.2, -0.15) is 0 Å². The second kappa shape index (κ2) is 8.05. The van der Waals surface area contributed by atoms with E-state index >= 15 is 0 Å². The van der Waals surface area contributed by atoms with Gasteiger partial charge >= 0.3 is 0 Å². The van der Waals surface area contributed by atoms with Crippen molar-refractivity contribution >= 4 is 11.7 Å². The van der Waals surface area contributed by atoms with Gasteiger partial charge in [-0.3, -0.25) is 9.59 Å². The molecule has 5 nitrogen and oxygen atoms in total. The molecule has 11 atom stereocenters. The van der Waals surface area contributed by atoms with Crippen LogP contribution >= 0.6 is 0 Å². The smallest absolute Gasteiger partial charge is 0.232 e. The number of benzene rings is 1. The summed E-state index contributed by atoms with van der Waals surface area (Å²) in [6, 6.07) is 7.92. The molecule has 1 aromatic carbocycles. The number of carbonyl (C=O) groups excluding carboxylic acids is 2. The molecule has 6 aliphatic rings. The number of Topliss-reactive ketones (excluding diaryl/α,β-unsaturated/α-hetero) is 1. The molecule has 3 aliphatic carbocycles. The Balaban J connectivity index is 1.56. The lowest BCUT2D eigenvalue weighted by Gasteiger charge is -2.48. The van der Waals surface area contributed by atoms with Crippen LogP contribution in [0.2, 0.25) is 0 Å². The van der Waals surface area contributed by atoms with Crippen molar-refractivity contribution in [2.45, 2.75) is 65.2 Å². The van der Waals surface area contributed by atoms with Gasteiger partial charge in [0.15, 0.2) is 0 Å². The van der Waals surface area contributed by atoms with E-state index in [1.165, 1.54) is 5.57 Å². The molecular weight excluding hydrogens is 450 g/mol. The largest absolute Gasteiger partial charge is 0.490 e. The van der Waals surface area contributed by atoms with E-state index in [-0.39, 0.29) is 53.8 Å². The van der Waals surface area contributed by atoms with Gasteiger partial charge in [0.1, 0.15) is 29.3 Å². The molecule has 7 rings (SSSR count). The van der Waals surface area contributed by atoms with Crippen molar-refractivity contribution in [2.75, 3.05) is 0 Å². The second-order valence-electron chi connectivity index (χ2n) is 12.9. The SMILES string of the molecule is C=C[C@@H]1C=C(C)[C@@H]2[C@@H]3[C@H](Oc4ccc(cc4)C[C@@]4(O)C[C@@H](C(=O)N4)C(=O)[C@H]13)[C@@H]1[C@H](C)C[C@@H](C)C[C@@]12C. The molecule has 5 heteroatoms. The first-order valence-electron chi connectivity index (χ1n) is 13.7. The summed E-state index contributed by atoms with van der Waals surface area (Å²) < 4.78 is 6.93. The van der Waals surface area contributed by atoms with E-state index in [0.717, 1.165) is 24.2 Å². The van der Waals surface area contributed by atoms with Crippen LogP contribution in [-0.4, -0.2) is 28.6 Å². The Morgan fingerprint density at radius 2 is 1.89 bits per heavy atom. The van der Waals surface area contributed by atoms with E-state index in [2.05, 4.69) is 45.7 Å². The number of rotatable bonds is 1. The number of carbonyl (C=O) groups is 2. The lowest BCUT2D eigenvalue weighted by atomic mass is 9.55. The van der Waals surface area contributed by atoms with Crippen LogP contribution in [0.1, 0.15) is 52.5 Å². The predicted molar refractivity (Wildman–Crippen MR) is 138 cm³/mol. The van der Waals surface area contributed by atoms with Crippen molar-refractivity contribution in [3.05, 3.63) is 54.1 Å². The highest BCUT2D eigenvalue weighted by molar-refractivity contribution is 6.04. The van der Waals surface area contributed by atoms with Crippen LogP contribution in [0.3, 0.4) is 0 Å². The van der Waals surface area contributed by atoms with Crippen LogP contribution in [-0.2, 0) is 16.0 Å². The Morgan fingerprint density at radius 3 is 2.58 bits per heavy atom. The van der Waals surface area contributed by atoms with Crippen LogP contribution in [0.25, 0.3) is 0 Å². The summed E-state index contributed by atoms with van der Waals surface area (Å²) in [6.07, 6.45) is 6.62. The Labute approximate surface area is 214 Å². The molecule has 4 bridgehead atoms. The number of hydrogen-bond donors (Lipinski definition) is 2. The number of amides is 1. The van der Waals surface area contributed by atoms with Gasteiger partial charge in [-0.1, -0.05) is 50.6 Å². The fourth-order valence-electron chi connectivity index (χ4n) is 9.61. The van der Waals surface area contributed by atoms with Crippen molar-refractivity contribution in [2.24, 2.45) is 52.8 Å². The summed E-state index contributed by atoms with van der Waals surface area (Å²) in [6.45, 7) is 13.5.